The van der Waals surface area contributed by atoms with E-state index < -0.39 is 12.2 Å². The summed E-state index contributed by atoms with van der Waals surface area (Å²) in [7, 11) is 13.2. The second kappa shape index (κ2) is 24.0. The van der Waals surface area contributed by atoms with E-state index in [0.717, 1.165) is 56.3 Å². The van der Waals surface area contributed by atoms with Crippen molar-refractivity contribution in [3.8, 4) is 45.5 Å². The molecule has 20 nitrogen and oxygen atoms in total. The lowest BCUT2D eigenvalue weighted by molar-refractivity contribution is -0.149. The first-order valence-electron chi connectivity index (χ1n) is 22.6. The van der Waals surface area contributed by atoms with Gasteiger partial charge in [-0.2, -0.15) is 10.2 Å². The average Bonchev–Trinajstić information content (AvgIpc) is 4.03. The van der Waals surface area contributed by atoms with E-state index in [1.165, 1.54) is 13.8 Å². The summed E-state index contributed by atoms with van der Waals surface area (Å²) < 4.78 is 47.1. The van der Waals surface area contributed by atoms with Gasteiger partial charge in [0.15, 0.2) is 0 Å². The molecule has 0 fully saturated rings. The van der Waals surface area contributed by atoms with Crippen LogP contribution in [0.15, 0.2) is 110 Å². The minimum atomic E-state index is -0.520. The van der Waals surface area contributed by atoms with Crippen LogP contribution in [-0.2, 0) is 42.6 Å². The highest BCUT2D eigenvalue weighted by atomic mass is 16.6. The molecule has 8 rings (SSSR count). The van der Waals surface area contributed by atoms with Gasteiger partial charge in [0.25, 0.3) is 0 Å². The fraction of sp³-hybridized carbons (Fsp3) is 0.308. The van der Waals surface area contributed by atoms with Crippen molar-refractivity contribution in [2.75, 3.05) is 78.8 Å². The van der Waals surface area contributed by atoms with Crippen LogP contribution in [0.25, 0.3) is 44.6 Å². The van der Waals surface area contributed by atoms with Crippen molar-refractivity contribution in [2.45, 2.75) is 26.1 Å². The number of methoxy groups -OCH3 is 6. The molecule has 4 heterocycles. The number of carbonyl (C=O) groups excluding carboxylic acids is 2. The lowest BCUT2D eigenvalue weighted by atomic mass is 10.1. The normalized spacial score (nSPS) is 11.8. The first-order chi connectivity index (χ1) is 34.8. The van der Waals surface area contributed by atoms with Crippen LogP contribution in [-0.4, -0.2) is 133 Å². The van der Waals surface area contributed by atoms with E-state index in [9.17, 15) is 9.59 Å². The Labute approximate surface area is 416 Å². The molecule has 0 saturated carbocycles. The molecular weight excluding hydrogens is 925 g/mol. The Balaban J connectivity index is 0.000000211. The Morgan fingerprint density at radius 3 is 1.18 bits per heavy atom. The van der Waals surface area contributed by atoms with Gasteiger partial charge in [-0.3, -0.25) is 28.9 Å². The molecule has 0 unspecified atom stereocenters. The SMILES string of the molecule is COC[C@@H](CN(c1cc(OC)cc(OC)c1)c1ccc2ncc(-c3cnn(C)c3)nc2c1)OC(C)=O.COC[C@H](CN(c1cc(OC)cc(OC)c1)c1ccc2ncc(-c3cnn(C)c3)nc2c1)OC(C)=O. The zero-order valence-corrected chi connectivity index (χ0v) is 41.9. The van der Waals surface area contributed by atoms with Gasteiger partial charge in [0.2, 0.25) is 0 Å². The molecule has 0 saturated heterocycles. The first-order valence-corrected chi connectivity index (χ1v) is 22.6. The largest absolute Gasteiger partial charge is 0.497 e. The lowest BCUT2D eigenvalue weighted by Gasteiger charge is -2.29. The topological polar surface area (TPSA) is 202 Å². The molecule has 4 aromatic heterocycles. The Morgan fingerprint density at radius 2 is 0.875 bits per heavy atom. The smallest absolute Gasteiger partial charge is 0.303 e. The van der Waals surface area contributed by atoms with Crippen LogP contribution < -0.4 is 28.7 Å². The van der Waals surface area contributed by atoms with Crippen molar-refractivity contribution >= 4 is 56.8 Å². The van der Waals surface area contributed by atoms with Crippen molar-refractivity contribution in [3.63, 3.8) is 0 Å². The number of fused-ring (bicyclic) bond motifs is 2. The third kappa shape index (κ3) is 13.1. The number of aryl methyl sites for hydroxylation is 2. The number of hydrogen-bond donors (Lipinski definition) is 0. The number of hydrogen-bond acceptors (Lipinski definition) is 18. The molecule has 72 heavy (non-hydrogen) atoms. The second-order valence-electron chi connectivity index (χ2n) is 16.4. The van der Waals surface area contributed by atoms with Crippen LogP contribution in [0.3, 0.4) is 0 Å². The molecule has 2 atom stereocenters. The van der Waals surface area contributed by atoms with E-state index in [-0.39, 0.29) is 25.2 Å². The number of ether oxygens (including phenoxy) is 8. The van der Waals surface area contributed by atoms with Gasteiger partial charge in [-0.1, -0.05) is 0 Å². The Hall–Kier alpha value is -8.36. The van der Waals surface area contributed by atoms with Gasteiger partial charge in [0.05, 0.1) is 113 Å². The molecule has 0 spiro atoms. The van der Waals surface area contributed by atoms with E-state index in [4.69, 9.17) is 47.9 Å². The van der Waals surface area contributed by atoms with Crippen molar-refractivity contribution < 1.29 is 47.5 Å². The molecule has 4 aromatic carbocycles. The van der Waals surface area contributed by atoms with Crippen LogP contribution in [0.4, 0.5) is 22.7 Å². The molecule has 0 amide bonds. The molecule has 20 heteroatoms. The van der Waals surface area contributed by atoms with Crippen LogP contribution in [0.1, 0.15) is 13.8 Å². The zero-order valence-electron chi connectivity index (χ0n) is 41.9. The summed E-state index contributed by atoms with van der Waals surface area (Å²) in [5, 5.41) is 8.46. The minimum Gasteiger partial charge on any atom is -0.497 e. The van der Waals surface area contributed by atoms with Gasteiger partial charge in [0, 0.05) is 125 Å². The Kier molecular flexibility index (Phi) is 17.1. The number of esters is 2. The maximum atomic E-state index is 11.8. The Morgan fingerprint density at radius 1 is 0.500 bits per heavy atom. The molecule has 0 aliphatic heterocycles. The predicted molar refractivity (Wildman–Crippen MR) is 271 cm³/mol. The number of carbonyl (C=O) groups is 2. The summed E-state index contributed by atoms with van der Waals surface area (Å²) in [5.74, 6) is 1.75. The number of aromatic nitrogens is 8. The van der Waals surface area contributed by atoms with E-state index in [1.807, 2.05) is 97.0 Å². The second-order valence-corrected chi connectivity index (χ2v) is 16.4. The minimum absolute atomic E-state index is 0.232. The summed E-state index contributed by atoms with van der Waals surface area (Å²) in [6.45, 7) is 3.88. The van der Waals surface area contributed by atoms with Gasteiger partial charge in [-0.25, -0.2) is 9.97 Å². The number of anilines is 4. The van der Waals surface area contributed by atoms with Crippen LogP contribution in [0, 0.1) is 0 Å². The average molecular weight is 983 g/mol. The summed E-state index contributed by atoms with van der Waals surface area (Å²) in [5.41, 5.74) is 9.35. The zero-order chi connectivity index (χ0) is 51.3. The third-order valence-electron chi connectivity index (χ3n) is 11.1. The van der Waals surface area contributed by atoms with Crippen molar-refractivity contribution in [2.24, 2.45) is 14.1 Å². The summed E-state index contributed by atoms with van der Waals surface area (Å²) in [6.07, 6.45) is 9.72. The van der Waals surface area contributed by atoms with Gasteiger partial charge in [0.1, 0.15) is 35.2 Å². The molecule has 0 aliphatic carbocycles. The van der Waals surface area contributed by atoms with Crippen molar-refractivity contribution in [1.82, 2.24) is 39.5 Å². The molecular formula is C52H58N10O10. The van der Waals surface area contributed by atoms with Crippen LogP contribution in [0.5, 0.6) is 23.0 Å². The molecule has 0 bridgehead atoms. The summed E-state index contributed by atoms with van der Waals surface area (Å²) >= 11 is 0. The van der Waals surface area contributed by atoms with Crippen molar-refractivity contribution in [1.29, 1.82) is 0 Å². The predicted octanol–water partition coefficient (Wildman–Crippen LogP) is 7.53. The quantitative estimate of drug-likeness (QED) is 0.0678. The fourth-order valence-electron chi connectivity index (χ4n) is 7.83. The summed E-state index contributed by atoms with van der Waals surface area (Å²) in [6, 6.07) is 22.8. The van der Waals surface area contributed by atoms with E-state index in [0.29, 0.717) is 47.1 Å². The van der Waals surface area contributed by atoms with E-state index in [1.54, 1.807) is 88.9 Å². The van der Waals surface area contributed by atoms with E-state index in [2.05, 4.69) is 20.2 Å². The van der Waals surface area contributed by atoms with Gasteiger partial charge >= 0.3 is 11.9 Å². The van der Waals surface area contributed by atoms with E-state index >= 15 is 0 Å². The lowest BCUT2D eigenvalue weighted by Crippen LogP contribution is -2.35. The van der Waals surface area contributed by atoms with Gasteiger partial charge in [-0.15, -0.1) is 0 Å². The maximum absolute atomic E-state index is 11.8. The Bertz CT molecular complexity index is 2870. The van der Waals surface area contributed by atoms with Crippen LogP contribution >= 0.6 is 0 Å². The van der Waals surface area contributed by atoms with Gasteiger partial charge in [-0.05, 0) is 36.4 Å². The van der Waals surface area contributed by atoms with Crippen LogP contribution in [0.2, 0.25) is 0 Å². The summed E-state index contributed by atoms with van der Waals surface area (Å²) in [4.78, 5) is 46.4. The van der Waals surface area contributed by atoms with Gasteiger partial charge < -0.3 is 47.7 Å². The highest BCUT2D eigenvalue weighted by Crippen LogP contribution is 2.36. The molecule has 8 aromatic rings. The fourth-order valence-corrected chi connectivity index (χ4v) is 7.83. The monoisotopic (exact) mass is 982 g/mol. The molecule has 376 valence electrons. The number of benzene rings is 4. The molecule has 0 N–H and O–H groups in total. The molecule has 0 aliphatic rings. The highest BCUT2D eigenvalue weighted by Gasteiger charge is 2.23. The maximum Gasteiger partial charge on any atom is 0.303 e. The standard InChI is InChI=1S/2C26H29N5O5/c2*1-17(32)36-23(16-33-3)15-31(20-8-21(34-4)11-22(9-20)35-5)19-6-7-24-25(10-19)29-26(13-27-24)18-12-28-30(2)14-18/h2*6-14,23H,15-16H2,1-5H3/t2*23-/m10/s1. The highest BCUT2D eigenvalue weighted by molar-refractivity contribution is 5.84. The number of nitrogens with zero attached hydrogens (tertiary/aromatic N) is 10. The van der Waals surface area contributed by atoms with Crippen molar-refractivity contribution in [3.05, 3.63) is 110 Å². The molecule has 0 radical (unpaired) electrons. The first kappa shape index (κ1) is 51.5. The third-order valence-corrected chi connectivity index (χ3v) is 11.1. The number of rotatable bonds is 20.